The minimum absolute atomic E-state index is 0.520. The Balaban J connectivity index is 2.35. The van der Waals surface area contributed by atoms with E-state index in [1.165, 1.54) is 0 Å². The fraction of sp³-hybridized carbons (Fsp3) is 0.400. The highest BCUT2D eigenvalue weighted by Crippen LogP contribution is 2.29. The van der Waals surface area contributed by atoms with Crippen LogP contribution in [0.3, 0.4) is 0 Å². The van der Waals surface area contributed by atoms with Gasteiger partial charge in [-0.3, -0.25) is 4.68 Å². The third kappa shape index (κ3) is 3.00. The fourth-order valence-corrected chi connectivity index (χ4v) is 2.65. The van der Waals surface area contributed by atoms with Gasteiger partial charge in [-0.15, -0.1) is 0 Å². The first-order chi connectivity index (χ1) is 9.35. The van der Waals surface area contributed by atoms with E-state index in [0.29, 0.717) is 16.5 Å². The first-order valence-electron chi connectivity index (χ1n) is 6.62. The van der Waals surface area contributed by atoms with Gasteiger partial charge in [-0.05, 0) is 38.5 Å². The van der Waals surface area contributed by atoms with Gasteiger partial charge in [0.15, 0.2) is 0 Å². The highest BCUT2D eigenvalue weighted by molar-refractivity contribution is 6.32. The third-order valence-corrected chi connectivity index (χ3v) is 4.23. The van der Waals surface area contributed by atoms with Gasteiger partial charge in [-0.25, -0.2) is 0 Å². The Hall–Kier alpha value is -1.03. The maximum atomic E-state index is 6.48. The molecule has 0 saturated carbocycles. The second kappa shape index (κ2) is 5.76. The smallest absolute Gasteiger partial charge is 0.0847 e. The summed E-state index contributed by atoms with van der Waals surface area (Å²) in [6.45, 7) is 6.73. The largest absolute Gasteiger partial charge is 0.321 e. The van der Waals surface area contributed by atoms with Crippen LogP contribution >= 0.6 is 23.2 Å². The molecule has 0 aliphatic heterocycles. The molecule has 0 saturated heterocycles. The molecule has 1 unspecified atom stereocenters. The second-order valence-corrected chi connectivity index (χ2v) is 6.08. The van der Waals surface area contributed by atoms with E-state index in [0.717, 1.165) is 23.5 Å². The molecule has 3 nitrogen and oxygen atoms in total. The van der Waals surface area contributed by atoms with Gasteiger partial charge < -0.3 is 5.73 Å². The zero-order chi connectivity index (χ0) is 14.9. The lowest BCUT2D eigenvalue weighted by Crippen LogP contribution is -2.36. The van der Waals surface area contributed by atoms with Crippen LogP contribution < -0.4 is 5.73 Å². The topological polar surface area (TPSA) is 43.8 Å². The molecule has 108 valence electrons. The molecular weight excluding hydrogens is 293 g/mol. The maximum absolute atomic E-state index is 6.48. The number of benzene rings is 1. The molecule has 2 N–H and O–H groups in total. The number of nitrogens with two attached hydrogens (primary N) is 1. The molecule has 20 heavy (non-hydrogen) atoms. The van der Waals surface area contributed by atoms with Crippen molar-refractivity contribution in [2.24, 2.45) is 5.73 Å². The Morgan fingerprint density at radius 1 is 1.25 bits per heavy atom. The van der Waals surface area contributed by atoms with E-state index in [1.54, 1.807) is 0 Å². The van der Waals surface area contributed by atoms with Crippen LogP contribution in [0.2, 0.25) is 10.0 Å². The van der Waals surface area contributed by atoms with E-state index in [1.807, 2.05) is 49.7 Å². The standard InChI is InChI=1S/C15H19Cl2N3/c1-4-20-13(14(17)10(2)19-20)9-15(3,18)11-5-7-12(16)8-6-11/h5-8H,4,9,18H2,1-3H3. The summed E-state index contributed by atoms with van der Waals surface area (Å²) < 4.78 is 1.92. The lowest BCUT2D eigenvalue weighted by atomic mass is 9.88. The molecule has 5 heteroatoms. The van der Waals surface area contributed by atoms with Gasteiger partial charge in [0, 0.05) is 23.5 Å². The van der Waals surface area contributed by atoms with E-state index < -0.39 is 5.54 Å². The molecule has 1 aromatic carbocycles. The summed E-state index contributed by atoms with van der Waals surface area (Å²) in [6, 6.07) is 7.61. The lowest BCUT2D eigenvalue weighted by molar-refractivity contribution is 0.464. The van der Waals surface area contributed by atoms with Gasteiger partial charge in [0.25, 0.3) is 0 Å². The van der Waals surface area contributed by atoms with Crippen LogP contribution in [0.25, 0.3) is 0 Å². The Morgan fingerprint density at radius 2 is 1.85 bits per heavy atom. The quantitative estimate of drug-likeness (QED) is 0.929. The number of hydrogen-bond donors (Lipinski definition) is 1. The lowest BCUT2D eigenvalue weighted by Gasteiger charge is -2.26. The molecule has 0 amide bonds. The van der Waals surface area contributed by atoms with Crippen LogP contribution in [0.5, 0.6) is 0 Å². The van der Waals surface area contributed by atoms with Crippen LogP contribution in [0.1, 0.15) is 30.8 Å². The highest BCUT2D eigenvalue weighted by Gasteiger charge is 2.26. The van der Waals surface area contributed by atoms with Gasteiger partial charge in [-0.2, -0.15) is 5.10 Å². The molecule has 2 aromatic rings. The predicted octanol–water partition coefficient (Wildman–Crippen LogP) is 3.93. The van der Waals surface area contributed by atoms with Gasteiger partial charge in [0.2, 0.25) is 0 Å². The predicted molar refractivity (Wildman–Crippen MR) is 84.3 cm³/mol. The second-order valence-electron chi connectivity index (χ2n) is 5.26. The van der Waals surface area contributed by atoms with E-state index in [9.17, 15) is 0 Å². The highest BCUT2D eigenvalue weighted by atomic mass is 35.5. The molecule has 0 spiro atoms. The van der Waals surface area contributed by atoms with Crippen molar-refractivity contribution < 1.29 is 0 Å². The summed E-state index contributed by atoms with van der Waals surface area (Å²) >= 11 is 12.3. The number of nitrogens with zero attached hydrogens (tertiary/aromatic N) is 2. The number of halogens is 2. The van der Waals surface area contributed by atoms with Crippen molar-refractivity contribution in [3.8, 4) is 0 Å². The number of rotatable bonds is 4. The summed E-state index contributed by atoms with van der Waals surface area (Å²) in [7, 11) is 0. The van der Waals surface area contributed by atoms with Crippen molar-refractivity contribution >= 4 is 23.2 Å². The molecule has 0 aliphatic carbocycles. The molecular formula is C15H19Cl2N3. The Bertz CT molecular complexity index is 600. The normalized spacial score (nSPS) is 14.3. The molecule has 0 fully saturated rings. The van der Waals surface area contributed by atoms with E-state index >= 15 is 0 Å². The van der Waals surface area contributed by atoms with Crippen molar-refractivity contribution in [3.05, 3.63) is 51.3 Å². The summed E-state index contributed by atoms with van der Waals surface area (Å²) in [4.78, 5) is 0. The van der Waals surface area contributed by atoms with E-state index in [4.69, 9.17) is 28.9 Å². The SMILES string of the molecule is CCn1nc(C)c(Cl)c1CC(C)(N)c1ccc(Cl)cc1. The molecule has 0 bridgehead atoms. The van der Waals surface area contributed by atoms with Crippen molar-refractivity contribution in [3.63, 3.8) is 0 Å². The van der Waals surface area contributed by atoms with Crippen LogP contribution in [0.4, 0.5) is 0 Å². The molecule has 0 aliphatic rings. The molecule has 2 rings (SSSR count). The average Bonchev–Trinajstić information content (AvgIpc) is 2.66. The summed E-state index contributed by atoms with van der Waals surface area (Å²) in [5.41, 5.74) is 8.81. The maximum Gasteiger partial charge on any atom is 0.0847 e. The third-order valence-electron chi connectivity index (χ3n) is 3.49. The van der Waals surface area contributed by atoms with Gasteiger partial charge in [0.05, 0.1) is 16.4 Å². The van der Waals surface area contributed by atoms with Crippen LogP contribution in [0.15, 0.2) is 24.3 Å². The van der Waals surface area contributed by atoms with Gasteiger partial charge >= 0.3 is 0 Å². The van der Waals surface area contributed by atoms with Gasteiger partial charge in [0.1, 0.15) is 0 Å². The van der Waals surface area contributed by atoms with E-state index in [-0.39, 0.29) is 0 Å². The monoisotopic (exact) mass is 311 g/mol. The molecule has 0 radical (unpaired) electrons. The van der Waals surface area contributed by atoms with Crippen molar-refractivity contribution in [1.82, 2.24) is 9.78 Å². The van der Waals surface area contributed by atoms with Crippen LogP contribution in [-0.2, 0) is 18.5 Å². The fourth-order valence-electron chi connectivity index (χ4n) is 2.32. The van der Waals surface area contributed by atoms with Crippen LogP contribution in [-0.4, -0.2) is 9.78 Å². The Labute approximate surface area is 129 Å². The first kappa shape index (κ1) is 15.4. The summed E-state index contributed by atoms with van der Waals surface area (Å²) in [5.74, 6) is 0. The van der Waals surface area contributed by atoms with Crippen molar-refractivity contribution in [2.75, 3.05) is 0 Å². The Kier molecular flexibility index (Phi) is 4.43. The van der Waals surface area contributed by atoms with Crippen molar-refractivity contribution in [1.29, 1.82) is 0 Å². The number of aromatic nitrogens is 2. The first-order valence-corrected chi connectivity index (χ1v) is 7.37. The van der Waals surface area contributed by atoms with Crippen molar-refractivity contribution in [2.45, 2.75) is 39.3 Å². The van der Waals surface area contributed by atoms with E-state index in [2.05, 4.69) is 5.10 Å². The minimum atomic E-state index is -0.520. The van der Waals surface area contributed by atoms with Crippen LogP contribution in [0, 0.1) is 6.92 Å². The summed E-state index contributed by atoms with van der Waals surface area (Å²) in [6.07, 6.45) is 0.627. The number of hydrogen-bond acceptors (Lipinski definition) is 2. The molecule has 1 atom stereocenters. The average molecular weight is 312 g/mol. The molecule has 1 heterocycles. The molecule has 1 aromatic heterocycles. The Morgan fingerprint density at radius 3 is 2.40 bits per heavy atom. The minimum Gasteiger partial charge on any atom is -0.321 e. The zero-order valence-corrected chi connectivity index (χ0v) is 13.5. The zero-order valence-electron chi connectivity index (χ0n) is 12.0. The van der Waals surface area contributed by atoms with Gasteiger partial charge in [-0.1, -0.05) is 35.3 Å². The number of aryl methyl sites for hydroxylation is 2. The summed E-state index contributed by atoms with van der Waals surface area (Å²) in [5, 5.41) is 5.84.